The number of hydrogen-bond acceptors (Lipinski definition) is 5. The standard InChI is InChI=1S/C12H7N5O/c13-7-9-6-8(3-5-14-9)12-16-11(17-18-12)10-2-1-4-15-10/h1-6,15H. The van der Waals surface area contributed by atoms with Crippen LogP contribution in [0.2, 0.25) is 0 Å². The molecule has 0 unspecified atom stereocenters. The summed E-state index contributed by atoms with van der Waals surface area (Å²) in [6.07, 6.45) is 3.32. The summed E-state index contributed by atoms with van der Waals surface area (Å²) >= 11 is 0. The third kappa shape index (κ3) is 1.74. The van der Waals surface area contributed by atoms with Gasteiger partial charge in [0.2, 0.25) is 5.82 Å². The van der Waals surface area contributed by atoms with Gasteiger partial charge in [-0.3, -0.25) is 0 Å². The van der Waals surface area contributed by atoms with Crippen LogP contribution in [0.1, 0.15) is 5.69 Å². The molecule has 3 aromatic rings. The van der Waals surface area contributed by atoms with Crippen LogP contribution in [0.15, 0.2) is 41.2 Å². The first-order chi connectivity index (χ1) is 8.86. The van der Waals surface area contributed by atoms with E-state index in [0.29, 0.717) is 23.0 Å². The Balaban J connectivity index is 2.01. The van der Waals surface area contributed by atoms with E-state index < -0.39 is 0 Å². The van der Waals surface area contributed by atoms with Crippen molar-refractivity contribution in [2.24, 2.45) is 0 Å². The van der Waals surface area contributed by atoms with Gasteiger partial charge in [0, 0.05) is 18.0 Å². The van der Waals surface area contributed by atoms with Crippen molar-refractivity contribution in [3.8, 4) is 29.0 Å². The summed E-state index contributed by atoms with van der Waals surface area (Å²) in [4.78, 5) is 11.1. The zero-order valence-corrected chi connectivity index (χ0v) is 9.16. The molecule has 3 heterocycles. The number of aromatic nitrogens is 4. The monoisotopic (exact) mass is 237 g/mol. The van der Waals surface area contributed by atoms with E-state index in [2.05, 4.69) is 20.1 Å². The summed E-state index contributed by atoms with van der Waals surface area (Å²) in [6.45, 7) is 0. The van der Waals surface area contributed by atoms with Crippen LogP contribution in [-0.4, -0.2) is 20.1 Å². The lowest BCUT2D eigenvalue weighted by Gasteiger charge is -1.92. The number of rotatable bonds is 2. The smallest absolute Gasteiger partial charge is 0.258 e. The molecule has 86 valence electrons. The first kappa shape index (κ1) is 10.2. The predicted octanol–water partition coefficient (Wildman–Crippen LogP) is 2.00. The van der Waals surface area contributed by atoms with Gasteiger partial charge in [-0.2, -0.15) is 10.2 Å². The molecule has 0 bridgehead atoms. The van der Waals surface area contributed by atoms with Gasteiger partial charge in [0.25, 0.3) is 5.89 Å². The number of hydrogen-bond donors (Lipinski definition) is 1. The van der Waals surface area contributed by atoms with Gasteiger partial charge in [-0.05, 0) is 24.3 Å². The fourth-order valence-electron chi connectivity index (χ4n) is 1.54. The Morgan fingerprint density at radius 2 is 2.28 bits per heavy atom. The molecule has 6 nitrogen and oxygen atoms in total. The first-order valence-corrected chi connectivity index (χ1v) is 5.21. The molecule has 0 saturated carbocycles. The number of aromatic amines is 1. The van der Waals surface area contributed by atoms with Gasteiger partial charge < -0.3 is 9.51 Å². The van der Waals surface area contributed by atoms with Gasteiger partial charge in [0.15, 0.2) is 0 Å². The van der Waals surface area contributed by atoms with Gasteiger partial charge in [-0.15, -0.1) is 0 Å². The number of nitriles is 1. The number of nitrogens with zero attached hydrogens (tertiary/aromatic N) is 4. The van der Waals surface area contributed by atoms with Crippen molar-refractivity contribution in [2.45, 2.75) is 0 Å². The van der Waals surface area contributed by atoms with E-state index in [1.54, 1.807) is 18.3 Å². The Morgan fingerprint density at radius 1 is 1.33 bits per heavy atom. The molecule has 0 spiro atoms. The molecule has 0 aliphatic carbocycles. The third-order valence-electron chi connectivity index (χ3n) is 2.39. The van der Waals surface area contributed by atoms with Crippen LogP contribution >= 0.6 is 0 Å². The third-order valence-corrected chi connectivity index (χ3v) is 2.39. The molecule has 0 fully saturated rings. The topological polar surface area (TPSA) is 91.4 Å². The van der Waals surface area contributed by atoms with Crippen molar-refractivity contribution < 1.29 is 4.52 Å². The highest BCUT2D eigenvalue weighted by Gasteiger charge is 2.11. The summed E-state index contributed by atoms with van der Waals surface area (Å²) in [6, 6.07) is 8.98. The van der Waals surface area contributed by atoms with E-state index >= 15 is 0 Å². The van der Waals surface area contributed by atoms with Crippen molar-refractivity contribution in [1.29, 1.82) is 5.26 Å². The minimum Gasteiger partial charge on any atom is -0.359 e. The summed E-state index contributed by atoms with van der Waals surface area (Å²) in [5, 5.41) is 12.7. The normalized spacial score (nSPS) is 10.2. The molecule has 3 rings (SSSR count). The second kappa shape index (κ2) is 4.14. The Hall–Kier alpha value is -2.94. The van der Waals surface area contributed by atoms with Crippen LogP contribution in [-0.2, 0) is 0 Å². The summed E-state index contributed by atoms with van der Waals surface area (Å²) in [7, 11) is 0. The molecule has 3 aromatic heterocycles. The minimum absolute atomic E-state index is 0.312. The quantitative estimate of drug-likeness (QED) is 0.735. The second-order valence-electron chi connectivity index (χ2n) is 3.55. The van der Waals surface area contributed by atoms with Crippen LogP contribution in [0.5, 0.6) is 0 Å². The lowest BCUT2D eigenvalue weighted by atomic mass is 10.2. The molecule has 0 aliphatic rings. The molecular weight excluding hydrogens is 230 g/mol. The zero-order valence-electron chi connectivity index (χ0n) is 9.16. The molecule has 0 radical (unpaired) electrons. The Bertz CT molecular complexity index is 708. The maximum atomic E-state index is 8.78. The molecule has 6 heteroatoms. The Kier molecular flexibility index (Phi) is 2.35. The number of H-pyrrole nitrogens is 1. The number of pyridine rings is 1. The van der Waals surface area contributed by atoms with E-state index in [-0.39, 0.29) is 0 Å². The Morgan fingerprint density at radius 3 is 3.06 bits per heavy atom. The SMILES string of the molecule is N#Cc1cc(-c2nc(-c3ccc[nH]3)no2)ccn1. The molecule has 0 atom stereocenters. The van der Waals surface area contributed by atoms with Crippen molar-refractivity contribution in [1.82, 2.24) is 20.1 Å². The average Bonchev–Trinajstić information content (AvgIpc) is 3.09. The molecule has 0 amide bonds. The fraction of sp³-hybridized carbons (Fsp3) is 0. The van der Waals surface area contributed by atoms with Gasteiger partial charge in [0.05, 0.1) is 5.69 Å². The van der Waals surface area contributed by atoms with Gasteiger partial charge in [-0.1, -0.05) is 5.16 Å². The van der Waals surface area contributed by atoms with Crippen molar-refractivity contribution in [2.75, 3.05) is 0 Å². The maximum Gasteiger partial charge on any atom is 0.258 e. The van der Waals surface area contributed by atoms with E-state index in [9.17, 15) is 0 Å². The van der Waals surface area contributed by atoms with E-state index in [1.807, 2.05) is 18.2 Å². The molecule has 0 aromatic carbocycles. The van der Waals surface area contributed by atoms with Crippen LogP contribution in [0.3, 0.4) is 0 Å². The molecule has 0 aliphatic heterocycles. The van der Waals surface area contributed by atoms with Crippen LogP contribution in [0.25, 0.3) is 23.0 Å². The summed E-state index contributed by atoms with van der Waals surface area (Å²) < 4.78 is 5.16. The zero-order chi connectivity index (χ0) is 12.4. The highest BCUT2D eigenvalue weighted by molar-refractivity contribution is 5.58. The lowest BCUT2D eigenvalue weighted by Crippen LogP contribution is -1.84. The molecule has 1 N–H and O–H groups in total. The highest BCUT2D eigenvalue weighted by atomic mass is 16.5. The summed E-state index contributed by atoms with van der Waals surface area (Å²) in [5.74, 6) is 0.837. The predicted molar refractivity (Wildman–Crippen MR) is 62.0 cm³/mol. The highest BCUT2D eigenvalue weighted by Crippen LogP contribution is 2.20. The van der Waals surface area contributed by atoms with Gasteiger partial charge in [0.1, 0.15) is 11.8 Å². The van der Waals surface area contributed by atoms with E-state index in [0.717, 1.165) is 5.69 Å². The summed E-state index contributed by atoms with van der Waals surface area (Å²) in [5.41, 5.74) is 1.76. The minimum atomic E-state index is 0.312. The molecular formula is C12H7N5O. The fourth-order valence-corrected chi connectivity index (χ4v) is 1.54. The van der Waals surface area contributed by atoms with E-state index in [4.69, 9.17) is 9.78 Å². The maximum absolute atomic E-state index is 8.78. The van der Waals surface area contributed by atoms with Crippen molar-refractivity contribution in [3.63, 3.8) is 0 Å². The lowest BCUT2D eigenvalue weighted by molar-refractivity contribution is 0.432. The molecule has 18 heavy (non-hydrogen) atoms. The first-order valence-electron chi connectivity index (χ1n) is 5.21. The Labute approximate surface area is 102 Å². The molecule has 0 saturated heterocycles. The van der Waals surface area contributed by atoms with Crippen molar-refractivity contribution >= 4 is 0 Å². The second-order valence-corrected chi connectivity index (χ2v) is 3.55. The van der Waals surface area contributed by atoms with Crippen LogP contribution in [0, 0.1) is 11.3 Å². The van der Waals surface area contributed by atoms with Gasteiger partial charge in [-0.25, -0.2) is 4.98 Å². The van der Waals surface area contributed by atoms with E-state index in [1.165, 1.54) is 6.20 Å². The average molecular weight is 237 g/mol. The van der Waals surface area contributed by atoms with Crippen LogP contribution < -0.4 is 0 Å². The van der Waals surface area contributed by atoms with Crippen LogP contribution in [0.4, 0.5) is 0 Å². The van der Waals surface area contributed by atoms with Crippen molar-refractivity contribution in [3.05, 3.63) is 42.4 Å². The largest absolute Gasteiger partial charge is 0.359 e. The van der Waals surface area contributed by atoms with Gasteiger partial charge >= 0.3 is 0 Å². The number of nitrogens with one attached hydrogen (secondary N) is 1.